The zero-order chi connectivity index (χ0) is 19.3. The second-order valence-electron chi connectivity index (χ2n) is 7.09. The Morgan fingerprint density at radius 1 is 1.14 bits per heavy atom. The molecule has 0 radical (unpaired) electrons. The minimum Gasteiger partial charge on any atom is -0.492 e. The Morgan fingerprint density at radius 2 is 1.96 bits per heavy atom. The molecule has 0 saturated carbocycles. The monoisotopic (exact) mass is 383 g/mol. The first-order chi connectivity index (χ1) is 13.7. The molecule has 7 nitrogen and oxygen atoms in total. The number of benzene rings is 2. The van der Waals surface area contributed by atoms with Gasteiger partial charge in [0.05, 0.1) is 13.1 Å². The molecule has 2 heterocycles. The van der Waals surface area contributed by atoms with Crippen molar-refractivity contribution in [3.05, 3.63) is 54.1 Å². The Bertz CT molecular complexity index is 815. The Hall–Kier alpha value is -2.77. The third-order valence-corrected chi connectivity index (χ3v) is 5.07. The molecular formula is C21H25N3O4. The van der Waals surface area contributed by atoms with Crippen LogP contribution in [0.4, 0.5) is 0 Å². The summed E-state index contributed by atoms with van der Waals surface area (Å²) in [5.41, 5.74) is 7.52. The van der Waals surface area contributed by atoms with Crippen LogP contribution in [-0.2, 0) is 4.79 Å². The van der Waals surface area contributed by atoms with Crippen molar-refractivity contribution in [3.63, 3.8) is 0 Å². The number of likely N-dealkylation sites (tertiary alicyclic amines) is 1. The quantitative estimate of drug-likeness (QED) is 0.702. The molecule has 0 aromatic heterocycles. The topological polar surface area (TPSA) is 86.1 Å². The van der Waals surface area contributed by atoms with Gasteiger partial charge in [-0.3, -0.25) is 9.69 Å². The van der Waals surface area contributed by atoms with Crippen molar-refractivity contribution in [2.45, 2.75) is 12.0 Å². The zero-order valence-corrected chi connectivity index (χ0v) is 15.7. The second-order valence-corrected chi connectivity index (χ2v) is 7.09. The largest absolute Gasteiger partial charge is 0.492 e. The van der Waals surface area contributed by atoms with Crippen LogP contribution in [0, 0.1) is 0 Å². The number of nitrogens with one attached hydrogen (secondary N) is 1. The van der Waals surface area contributed by atoms with Crippen molar-refractivity contribution >= 4 is 5.91 Å². The summed E-state index contributed by atoms with van der Waals surface area (Å²) in [5.74, 6) is 2.34. The molecular weight excluding hydrogens is 358 g/mol. The zero-order valence-electron chi connectivity index (χ0n) is 15.7. The molecule has 1 amide bonds. The average Bonchev–Trinajstić information content (AvgIpc) is 3.31. The van der Waals surface area contributed by atoms with Gasteiger partial charge in [-0.05, 0) is 17.7 Å². The number of carbonyl (C=O) groups is 1. The number of nitrogens with zero attached hydrogens (tertiary/aromatic N) is 1. The van der Waals surface area contributed by atoms with Crippen LogP contribution in [0.3, 0.4) is 0 Å². The third-order valence-electron chi connectivity index (χ3n) is 5.07. The lowest BCUT2D eigenvalue weighted by atomic mass is 9.95. The smallest absolute Gasteiger partial charge is 0.234 e. The maximum absolute atomic E-state index is 12.2. The van der Waals surface area contributed by atoms with E-state index in [0.717, 1.165) is 18.8 Å². The molecule has 0 aliphatic carbocycles. The fraction of sp³-hybridized carbons (Fsp3) is 0.381. The number of ether oxygens (including phenoxy) is 3. The van der Waals surface area contributed by atoms with Crippen molar-refractivity contribution < 1.29 is 19.0 Å². The van der Waals surface area contributed by atoms with E-state index in [1.807, 2.05) is 30.3 Å². The van der Waals surface area contributed by atoms with E-state index in [4.69, 9.17) is 19.9 Å². The molecule has 28 heavy (non-hydrogen) atoms. The average molecular weight is 383 g/mol. The first kappa shape index (κ1) is 18.6. The summed E-state index contributed by atoms with van der Waals surface area (Å²) in [6.07, 6.45) is 0. The standard InChI is InChI=1S/C21H25N3O4/c22-18-12-24(11-17(18)15-4-2-1-3-5-15)13-21(25)23-8-9-26-16-6-7-19-20(10-16)28-14-27-19/h1-7,10,17-18H,8-9,11-14,22H2,(H,23,25)/t17-,18+/m0/s1. The van der Waals surface area contributed by atoms with E-state index in [0.29, 0.717) is 31.2 Å². The first-order valence-electron chi connectivity index (χ1n) is 9.51. The molecule has 2 aliphatic heterocycles. The molecule has 2 aromatic carbocycles. The van der Waals surface area contributed by atoms with E-state index in [2.05, 4.69) is 22.3 Å². The number of hydrogen-bond donors (Lipinski definition) is 2. The van der Waals surface area contributed by atoms with Gasteiger partial charge in [-0.25, -0.2) is 0 Å². The molecule has 0 spiro atoms. The first-order valence-corrected chi connectivity index (χ1v) is 9.51. The van der Waals surface area contributed by atoms with Crippen LogP contribution < -0.4 is 25.3 Å². The Labute approximate surface area is 164 Å². The van der Waals surface area contributed by atoms with Crippen LogP contribution in [0.1, 0.15) is 11.5 Å². The van der Waals surface area contributed by atoms with Gasteiger partial charge in [0.25, 0.3) is 0 Å². The van der Waals surface area contributed by atoms with Gasteiger partial charge in [0.2, 0.25) is 12.7 Å². The van der Waals surface area contributed by atoms with Crippen molar-refractivity contribution in [3.8, 4) is 17.2 Å². The van der Waals surface area contributed by atoms with E-state index < -0.39 is 0 Å². The fourth-order valence-corrected chi connectivity index (χ4v) is 3.68. The van der Waals surface area contributed by atoms with E-state index >= 15 is 0 Å². The number of amides is 1. The van der Waals surface area contributed by atoms with Gasteiger partial charge in [-0.1, -0.05) is 30.3 Å². The molecule has 148 valence electrons. The molecule has 3 N–H and O–H groups in total. The summed E-state index contributed by atoms with van der Waals surface area (Å²) >= 11 is 0. The highest BCUT2D eigenvalue weighted by Crippen LogP contribution is 2.35. The van der Waals surface area contributed by atoms with Gasteiger partial charge in [-0.15, -0.1) is 0 Å². The number of hydrogen-bond acceptors (Lipinski definition) is 6. The highest BCUT2D eigenvalue weighted by molar-refractivity contribution is 5.78. The summed E-state index contributed by atoms with van der Waals surface area (Å²) in [7, 11) is 0. The van der Waals surface area contributed by atoms with Crippen LogP contribution in [0.15, 0.2) is 48.5 Å². The summed E-state index contributed by atoms with van der Waals surface area (Å²) in [6, 6.07) is 15.7. The summed E-state index contributed by atoms with van der Waals surface area (Å²) in [6.45, 7) is 2.93. The Balaban J connectivity index is 1.18. The Kier molecular flexibility index (Phi) is 5.64. The molecule has 1 fully saturated rings. The van der Waals surface area contributed by atoms with Crippen LogP contribution in [0.2, 0.25) is 0 Å². The van der Waals surface area contributed by atoms with Gasteiger partial charge < -0.3 is 25.3 Å². The van der Waals surface area contributed by atoms with Crippen LogP contribution in [-0.4, -0.2) is 56.4 Å². The van der Waals surface area contributed by atoms with E-state index in [-0.39, 0.29) is 24.7 Å². The molecule has 4 rings (SSSR count). The summed E-state index contributed by atoms with van der Waals surface area (Å²) in [4.78, 5) is 14.3. The van der Waals surface area contributed by atoms with Gasteiger partial charge in [0, 0.05) is 31.1 Å². The van der Waals surface area contributed by atoms with Crippen LogP contribution >= 0.6 is 0 Å². The minimum atomic E-state index is -0.0183. The predicted molar refractivity (Wildman–Crippen MR) is 105 cm³/mol. The highest BCUT2D eigenvalue weighted by atomic mass is 16.7. The van der Waals surface area contributed by atoms with E-state index in [1.54, 1.807) is 6.07 Å². The lowest BCUT2D eigenvalue weighted by Gasteiger charge is -2.16. The minimum absolute atomic E-state index is 0.0183. The number of fused-ring (bicyclic) bond motifs is 1. The maximum atomic E-state index is 12.2. The fourth-order valence-electron chi connectivity index (χ4n) is 3.68. The van der Waals surface area contributed by atoms with Gasteiger partial charge in [0.15, 0.2) is 11.5 Å². The SMILES string of the molecule is N[C@@H]1CN(CC(=O)NCCOc2ccc3c(c2)OCO3)C[C@H]1c1ccccc1. The molecule has 2 aliphatic rings. The highest BCUT2D eigenvalue weighted by Gasteiger charge is 2.31. The number of rotatable bonds is 7. The third kappa shape index (κ3) is 4.37. The lowest BCUT2D eigenvalue weighted by molar-refractivity contribution is -0.122. The summed E-state index contributed by atoms with van der Waals surface area (Å²) < 4.78 is 16.2. The second kappa shape index (κ2) is 8.50. The molecule has 1 saturated heterocycles. The van der Waals surface area contributed by atoms with Crippen LogP contribution in [0.25, 0.3) is 0 Å². The van der Waals surface area contributed by atoms with Gasteiger partial charge >= 0.3 is 0 Å². The van der Waals surface area contributed by atoms with Gasteiger partial charge in [-0.2, -0.15) is 0 Å². The lowest BCUT2D eigenvalue weighted by Crippen LogP contribution is -2.38. The predicted octanol–water partition coefficient (Wildman–Crippen LogP) is 1.34. The maximum Gasteiger partial charge on any atom is 0.234 e. The Morgan fingerprint density at radius 3 is 2.82 bits per heavy atom. The molecule has 7 heteroatoms. The number of nitrogens with two attached hydrogens (primary N) is 1. The molecule has 0 bridgehead atoms. The summed E-state index contributed by atoms with van der Waals surface area (Å²) in [5, 5.41) is 2.90. The van der Waals surface area contributed by atoms with Crippen molar-refractivity contribution in [2.24, 2.45) is 5.73 Å². The molecule has 2 atom stereocenters. The normalized spacial score (nSPS) is 20.9. The number of carbonyl (C=O) groups excluding carboxylic acids is 1. The van der Waals surface area contributed by atoms with Crippen molar-refractivity contribution in [2.75, 3.05) is 39.6 Å². The van der Waals surface area contributed by atoms with E-state index in [1.165, 1.54) is 5.56 Å². The van der Waals surface area contributed by atoms with Crippen LogP contribution in [0.5, 0.6) is 17.2 Å². The molecule has 2 aromatic rings. The van der Waals surface area contributed by atoms with Gasteiger partial charge in [0.1, 0.15) is 12.4 Å². The van der Waals surface area contributed by atoms with E-state index in [9.17, 15) is 4.79 Å². The van der Waals surface area contributed by atoms with Crippen molar-refractivity contribution in [1.29, 1.82) is 0 Å². The van der Waals surface area contributed by atoms with Crippen molar-refractivity contribution in [1.82, 2.24) is 10.2 Å². The molecule has 0 unspecified atom stereocenters.